The van der Waals surface area contributed by atoms with Crippen LogP contribution in [0.1, 0.15) is 40.0 Å². The molecule has 2 saturated heterocycles. The van der Waals surface area contributed by atoms with Crippen LogP contribution < -0.4 is 0 Å². The van der Waals surface area contributed by atoms with E-state index in [1.54, 1.807) is 12.1 Å². The van der Waals surface area contributed by atoms with Crippen molar-refractivity contribution in [2.75, 3.05) is 26.2 Å². The summed E-state index contributed by atoms with van der Waals surface area (Å²) in [7, 11) is -3.53. The molecular weight excluding hydrogens is 398 g/mol. The summed E-state index contributed by atoms with van der Waals surface area (Å²) in [6.45, 7) is 8.06. The number of benzene rings is 1. The highest BCUT2D eigenvalue weighted by molar-refractivity contribution is 7.89. The number of piperazine rings is 1. The third kappa shape index (κ3) is 4.37. The summed E-state index contributed by atoms with van der Waals surface area (Å²) < 4.78 is 27.2. The van der Waals surface area contributed by atoms with E-state index in [1.807, 2.05) is 11.8 Å². The number of hydrogen-bond acceptors (Lipinski definition) is 4. The predicted octanol–water partition coefficient (Wildman–Crippen LogP) is 2.82. The van der Waals surface area contributed by atoms with E-state index in [2.05, 4.69) is 18.7 Å². The molecular formula is C20H30ClN3O3S. The number of carbonyl (C=O) groups excluding carboxylic acids is 1. The maximum Gasteiger partial charge on any atom is 0.243 e. The molecule has 3 atom stereocenters. The maximum atomic E-state index is 13.1. The lowest BCUT2D eigenvalue weighted by Crippen LogP contribution is -2.58. The van der Waals surface area contributed by atoms with Crippen LogP contribution in [0.15, 0.2) is 29.2 Å². The monoisotopic (exact) mass is 427 g/mol. The molecule has 6 nitrogen and oxygen atoms in total. The Morgan fingerprint density at radius 3 is 2.11 bits per heavy atom. The number of sulfonamides is 1. The van der Waals surface area contributed by atoms with E-state index in [4.69, 9.17) is 11.6 Å². The third-order valence-corrected chi connectivity index (χ3v) is 8.24. The van der Waals surface area contributed by atoms with Crippen LogP contribution in [0.5, 0.6) is 0 Å². The second-order valence-corrected chi connectivity index (χ2v) is 10.3. The molecule has 1 aromatic carbocycles. The van der Waals surface area contributed by atoms with E-state index in [0.717, 1.165) is 12.8 Å². The first-order valence-corrected chi connectivity index (χ1v) is 11.9. The molecule has 2 heterocycles. The Bertz CT molecular complexity index is 781. The zero-order valence-corrected chi connectivity index (χ0v) is 18.4. The largest absolute Gasteiger partial charge is 0.336 e. The van der Waals surface area contributed by atoms with Gasteiger partial charge in [0, 0.05) is 43.3 Å². The maximum absolute atomic E-state index is 13.1. The molecule has 2 aliphatic heterocycles. The highest BCUT2D eigenvalue weighted by Crippen LogP contribution is 2.25. The molecule has 0 saturated carbocycles. The van der Waals surface area contributed by atoms with E-state index in [-0.39, 0.29) is 28.9 Å². The molecule has 0 spiro atoms. The molecule has 2 aliphatic rings. The molecule has 0 bridgehead atoms. The summed E-state index contributed by atoms with van der Waals surface area (Å²) in [5.41, 5.74) is 0. The quantitative estimate of drug-likeness (QED) is 0.741. The number of nitrogens with zero attached hydrogens (tertiary/aromatic N) is 3. The molecule has 0 unspecified atom stereocenters. The zero-order chi connectivity index (χ0) is 20.5. The third-order valence-electron chi connectivity index (χ3n) is 6.08. The number of halogens is 1. The lowest BCUT2D eigenvalue weighted by Gasteiger charge is -2.43. The summed E-state index contributed by atoms with van der Waals surface area (Å²) in [6, 6.07) is 6.56. The van der Waals surface area contributed by atoms with Gasteiger partial charge in [-0.1, -0.05) is 11.6 Å². The Morgan fingerprint density at radius 2 is 1.57 bits per heavy atom. The predicted molar refractivity (Wildman–Crippen MR) is 111 cm³/mol. The molecule has 1 aromatic rings. The van der Waals surface area contributed by atoms with Crippen LogP contribution in [0.25, 0.3) is 0 Å². The van der Waals surface area contributed by atoms with Crippen LogP contribution in [0, 0.1) is 0 Å². The fraction of sp³-hybridized carbons (Fsp3) is 0.650. The Hall–Kier alpha value is -1.15. The Balaban J connectivity index is 1.63. The van der Waals surface area contributed by atoms with Crippen molar-refractivity contribution in [1.29, 1.82) is 0 Å². The van der Waals surface area contributed by atoms with Gasteiger partial charge in [0.1, 0.15) is 0 Å². The summed E-state index contributed by atoms with van der Waals surface area (Å²) in [5, 5.41) is 0.511. The van der Waals surface area contributed by atoms with Gasteiger partial charge < -0.3 is 4.90 Å². The molecule has 0 N–H and O–H groups in total. The van der Waals surface area contributed by atoms with Crippen LogP contribution in [0.2, 0.25) is 5.02 Å². The molecule has 8 heteroatoms. The average Bonchev–Trinajstić information content (AvgIpc) is 2.67. The van der Waals surface area contributed by atoms with Crippen molar-refractivity contribution < 1.29 is 13.2 Å². The highest BCUT2D eigenvalue weighted by Gasteiger charge is 2.36. The van der Waals surface area contributed by atoms with Crippen LogP contribution >= 0.6 is 11.6 Å². The van der Waals surface area contributed by atoms with Gasteiger partial charge in [0.15, 0.2) is 0 Å². The zero-order valence-electron chi connectivity index (χ0n) is 16.8. The summed E-state index contributed by atoms with van der Waals surface area (Å²) in [5.74, 6) is 0.161. The van der Waals surface area contributed by atoms with Gasteiger partial charge >= 0.3 is 0 Å². The van der Waals surface area contributed by atoms with Crippen molar-refractivity contribution in [2.45, 2.75) is 63.1 Å². The van der Waals surface area contributed by atoms with Crippen molar-refractivity contribution in [3.05, 3.63) is 29.3 Å². The molecule has 0 aromatic heterocycles. The number of rotatable bonds is 4. The number of amides is 1. The Morgan fingerprint density at radius 1 is 1.04 bits per heavy atom. The SMILES string of the molecule is C[C@H](C(=O)N1[C@@H](C)CCC[C@@H]1C)N1CCN(S(=O)(=O)c2ccc(Cl)cc2)CC1. The van der Waals surface area contributed by atoms with E-state index in [1.165, 1.54) is 22.9 Å². The van der Waals surface area contributed by atoms with Crippen LogP contribution in [-0.2, 0) is 14.8 Å². The van der Waals surface area contributed by atoms with Gasteiger partial charge in [0.25, 0.3) is 0 Å². The fourth-order valence-corrected chi connectivity index (χ4v) is 5.86. The molecule has 1 amide bonds. The molecule has 0 aliphatic carbocycles. The Kier molecular flexibility index (Phi) is 6.69. The Labute approximate surface area is 173 Å². The number of piperidine rings is 1. The normalized spacial score (nSPS) is 26.2. The highest BCUT2D eigenvalue weighted by atomic mass is 35.5. The van der Waals surface area contributed by atoms with Gasteiger partial charge in [-0.15, -0.1) is 0 Å². The molecule has 156 valence electrons. The van der Waals surface area contributed by atoms with E-state index >= 15 is 0 Å². The van der Waals surface area contributed by atoms with Gasteiger partial charge in [0.2, 0.25) is 15.9 Å². The van der Waals surface area contributed by atoms with Gasteiger partial charge in [-0.25, -0.2) is 8.42 Å². The van der Waals surface area contributed by atoms with Crippen LogP contribution in [0.3, 0.4) is 0 Å². The van der Waals surface area contributed by atoms with E-state index < -0.39 is 10.0 Å². The second kappa shape index (κ2) is 8.69. The van der Waals surface area contributed by atoms with E-state index in [9.17, 15) is 13.2 Å². The van der Waals surface area contributed by atoms with Crippen LogP contribution in [-0.4, -0.2) is 72.7 Å². The molecule has 3 rings (SSSR count). The summed E-state index contributed by atoms with van der Waals surface area (Å²) in [4.78, 5) is 17.5. The molecule has 28 heavy (non-hydrogen) atoms. The lowest BCUT2D eigenvalue weighted by molar-refractivity contribution is -0.143. The van der Waals surface area contributed by atoms with Crippen molar-refractivity contribution in [1.82, 2.24) is 14.1 Å². The minimum Gasteiger partial charge on any atom is -0.336 e. The summed E-state index contributed by atoms with van der Waals surface area (Å²) in [6.07, 6.45) is 3.27. The molecule has 2 fully saturated rings. The van der Waals surface area contributed by atoms with Gasteiger partial charge in [-0.3, -0.25) is 9.69 Å². The topological polar surface area (TPSA) is 60.9 Å². The van der Waals surface area contributed by atoms with E-state index in [0.29, 0.717) is 31.2 Å². The van der Waals surface area contributed by atoms with Gasteiger partial charge in [-0.05, 0) is 64.3 Å². The van der Waals surface area contributed by atoms with Crippen LogP contribution in [0.4, 0.5) is 0 Å². The first kappa shape index (κ1) is 21.6. The lowest BCUT2D eigenvalue weighted by atomic mass is 9.96. The smallest absolute Gasteiger partial charge is 0.243 e. The second-order valence-electron chi connectivity index (χ2n) is 7.94. The van der Waals surface area contributed by atoms with Crippen molar-refractivity contribution in [2.24, 2.45) is 0 Å². The van der Waals surface area contributed by atoms with Crippen molar-refractivity contribution >= 4 is 27.5 Å². The minimum atomic E-state index is -3.53. The van der Waals surface area contributed by atoms with Gasteiger partial charge in [0.05, 0.1) is 10.9 Å². The standard InChI is InChI=1S/C20H30ClN3O3S/c1-15-5-4-6-16(2)24(15)20(25)17(3)22-11-13-23(14-12-22)28(26,27)19-9-7-18(21)8-10-19/h7-10,15-17H,4-6,11-14H2,1-3H3/t15-,16-,17+/m0/s1. The fourth-order valence-electron chi connectivity index (χ4n) is 4.31. The first-order valence-electron chi connectivity index (χ1n) is 10.0. The number of carbonyl (C=O) groups is 1. The summed E-state index contributed by atoms with van der Waals surface area (Å²) >= 11 is 5.86. The van der Waals surface area contributed by atoms with Crippen molar-refractivity contribution in [3.63, 3.8) is 0 Å². The molecule has 0 radical (unpaired) electrons. The minimum absolute atomic E-state index is 0.161. The number of likely N-dealkylation sites (tertiary alicyclic amines) is 1. The van der Waals surface area contributed by atoms with Crippen molar-refractivity contribution in [3.8, 4) is 0 Å². The van der Waals surface area contributed by atoms with Gasteiger partial charge in [-0.2, -0.15) is 4.31 Å². The average molecular weight is 428 g/mol. The first-order chi connectivity index (χ1) is 13.2. The number of hydrogen-bond donors (Lipinski definition) is 0.